The average Bonchev–Trinajstić information content (AvgIpc) is 3.29. The van der Waals surface area contributed by atoms with Crippen molar-refractivity contribution in [2.45, 2.75) is 45.2 Å². The molecule has 5 nitrogen and oxygen atoms in total. The molecule has 2 aromatic carbocycles. The monoisotopic (exact) mass is 425 g/mol. The minimum atomic E-state index is -3.09. The molecule has 1 aromatic heterocycles. The standard InChI is InChI=1S/C24H27NO4S/c1-17(2)19-8-9-23-22(12-19)20(15-29-23)13-24(26)25(14-18-6-4-3-5-7-18)21-10-11-30(27,28)16-21/h3-9,12,15,17,21H,10-11,13-14,16H2,1-2H3/t21-/m0/s1. The van der Waals surface area contributed by atoms with Crippen molar-refractivity contribution in [3.05, 3.63) is 71.5 Å². The zero-order chi connectivity index (χ0) is 21.3. The minimum absolute atomic E-state index is 0.0369. The van der Waals surface area contributed by atoms with Crippen molar-refractivity contribution in [1.82, 2.24) is 4.90 Å². The van der Waals surface area contributed by atoms with Gasteiger partial charge in [-0.15, -0.1) is 0 Å². The zero-order valence-electron chi connectivity index (χ0n) is 17.4. The molecule has 6 heteroatoms. The maximum atomic E-state index is 13.4. The predicted octanol–water partition coefficient (Wildman–Crippen LogP) is 4.31. The highest BCUT2D eigenvalue weighted by molar-refractivity contribution is 7.91. The number of sulfone groups is 1. The van der Waals surface area contributed by atoms with Crippen molar-refractivity contribution in [2.75, 3.05) is 11.5 Å². The second-order valence-corrected chi connectivity index (χ2v) is 10.6. The molecule has 3 aromatic rings. The van der Waals surface area contributed by atoms with E-state index < -0.39 is 9.84 Å². The summed E-state index contributed by atoms with van der Waals surface area (Å²) >= 11 is 0. The molecule has 0 radical (unpaired) electrons. The SMILES string of the molecule is CC(C)c1ccc2occ(CC(=O)N(Cc3ccccc3)[C@H]3CCS(=O)(=O)C3)c2c1. The van der Waals surface area contributed by atoms with Crippen LogP contribution in [0.2, 0.25) is 0 Å². The van der Waals surface area contributed by atoms with Crippen LogP contribution < -0.4 is 0 Å². The number of benzene rings is 2. The minimum Gasteiger partial charge on any atom is -0.464 e. The van der Waals surface area contributed by atoms with Crippen LogP contribution in [-0.4, -0.2) is 36.8 Å². The molecule has 0 aliphatic carbocycles. The number of carbonyl (C=O) groups excluding carboxylic acids is 1. The van der Waals surface area contributed by atoms with Gasteiger partial charge in [0.2, 0.25) is 5.91 Å². The molecule has 1 atom stereocenters. The maximum absolute atomic E-state index is 13.4. The summed E-state index contributed by atoms with van der Waals surface area (Å²) < 4.78 is 29.8. The highest BCUT2D eigenvalue weighted by Crippen LogP contribution is 2.28. The lowest BCUT2D eigenvalue weighted by atomic mass is 9.99. The third-order valence-electron chi connectivity index (χ3n) is 5.85. The van der Waals surface area contributed by atoms with Gasteiger partial charge in [0.25, 0.3) is 0 Å². The summed E-state index contributed by atoms with van der Waals surface area (Å²) in [7, 11) is -3.09. The van der Waals surface area contributed by atoms with E-state index in [1.165, 1.54) is 5.56 Å². The van der Waals surface area contributed by atoms with Gasteiger partial charge in [0.1, 0.15) is 5.58 Å². The largest absolute Gasteiger partial charge is 0.464 e. The fraction of sp³-hybridized carbons (Fsp3) is 0.375. The van der Waals surface area contributed by atoms with Crippen LogP contribution in [0.25, 0.3) is 11.0 Å². The summed E-state index contributed by atoms with van der Waals surface area (Å²) in [6, 6.07) is 15.5. The van der Waals surface area contributed by atoms with Crippen molar-refractivity contribution >= 4 is 26.7 Å². The van der Waals surface area contributed by atoms with Gasteiger partial charge in [0.05, 0.1) is 24.2 Å². The van der Waals surface area contributed by atoms with Gasteiger partial charge < -0.3 is 9.32 Å². The van der Waals surface area contributed by atoms with E-state index in [-0.39, 0.29) is 29.9 Å². The molecule has 0 saturated carbocycles. The van der Waals surface area contributed by atoms with Gasteiger partial charge in [0, 0.05) is 23.5 Å². The maximum Gasteiger partial charge on any atom is 0.227 e. The normalized spacial score (nSPS) is 18.2. The lowest BCUT2D eigenvalue weighted by Crippen LogP contribution is -2.41. The van der Waals surface area contributed by atoms with Gasteiger partial charge in [0.15, 0.2) is 9.84 Å². The molecule has 158 valence electrons. The van der Waals surface area contributed by atoms with Crippen LogP contribution in [0.4, 0.5) is 0 Å². The zero-order valence-corrected chi connectivity index (χ0v) is 18.2. The number of rotatable bonds is 6. The van der Waals surface area contributed by atoms with E-state index >= 15 is 0 Å². The van der Waals surface area contributed by atoms with Gasteiger partial charge in [-0.3, -0.25) is 4.79 Å². The first-order chi connectivity index (χ1) is 14.3. The number of hydrogen-bond acceptors (Lipinski definition) is 4. The Balaban J connectivity index is 1.61. The second-order valence-electron chi connectivity index (χ2n) is 8.41. The van der Waals surface area contributed by atoms with E-state index in [1.807, 2.05) is 42.5 Å². The molecule has 1 aliphatic rings. The van der Waals surface area contributed by atoms with Crippen molar-refractivity contribution < 1.29 is 17.6 Å². The van der Waals surface area contributed by atoms with Gasteiger partial charge >= 0.3 is 0 Å². The Hall–Kier alpha value is -2.60. The molecule has 2 heterocycles. The molecule has 0 unspecified atom stereocenters. The van der Waals surface area contributed by atoms with Crippen molar-refractivity contribution in [3.8, 4) is 0 Å². The topological polar surface area (TPSA) is 67.6 Å². The molecule has 0 bridgehead atoms. The number of furan rings is 1. The fourth-order valence-electron chi connectivity index (χ4n) is 4.08. The molecule has 4 rings (SSSR count). The van der Waals surface area contributed by atoms with E-state index in [2.05, 4.69) is 19.9 Å². The van der Waals surface area contributed by atoms with Crippen molar-refractivity contribution in [2.24, 2.45) is 0 Å². The first kappa shape index (κ1) is 20.7. The summed E-state index contributed by atoms with van der Waals surface area (Å²) in [5, 5.41) is 0.952. The summed E-state index contributed by atoms with van der Waals surface area (Å²) in [5.41, 5.74) is 3.80. The number of nitrogens with zero attached hydrogens (tertiary/aromatic N) is 1. The third kappa shape index (κ3) is 4.43. The summed E-state index contributed by atoms with van der Waals surface area (Å²) in [6.07, 6.45) is 2.33. The molecule has 1 aliphatic heterocycles. The number of carbonyl (C=O) groups is 1. The Morgan fingerprint density at radius 3 is 2.60 bits per heavy atom. The van der Waals surface area contributed by atoms with Crippen LogP contribution in [0.15, 0.2) is 59.2 Å². The van der Waals surface area contributed by atoms with Crippen molar-refractivity contribution in [3.63, 3.8) is 0 Å². The van der Waals surface area contributed by atoms with E-state index in [0.717, 1.165) is 22.1 Å². The molecule has 1 amide bonds. The van der Waals surface area contributed by atoms with Gasteiger partial charge in [-0.2, -0.15) is 0 Å². The highest BCUT2D eigenvalue weighted by Gasteiger charge is 2.34. The Kier molecular flexibility index (Phi) is 5.69. The molecule has 30 heavy (non-hydrogen) atoms. The van der Waals surface area contributed by atoms with Gasteiger partial charge in [-0.25, -0.2) is 8.42 Å². The third-order valence-corrected chi connectivity index (χ3v) is 7.60. The number of amides is 1. The fourth-order valence-corrected chi connectivity index (χ4v) is 5.81. The molecule has 0 N–H and O–H groups in total. The quantitative estimate of drug-likeness (QED) is 0.590. The van der Waals surface area contributed by atoms with E-state index in [9.17, 15) is 13.2 Å². The second kappa shape index (κ2) is 8.26. The van der Waals surface area contributed by atoms with E-state index in [0.29, 0.717) is 18.9 Å². The first-order valence-corrected chi connectivity index (χ1v) is 12.2. The smallest absolute Gasteiger partial charge is 0.227 e. The average molecular weight is 426 g/mol. The number of fused-ring (bicyclic) bond motifs is 1. The van der Waals surface area contributed by atoms with Crippen LogP contribution >= 0.6 is 0 Å². The van der Waals surface area contributed by atoms with E-state index in [1.54, 1.807) is 11.2 Å². The van der Waals surface area contributed by atoms with Crippen LogP contribution in [0.3, 0.4) is 0 Å². The molecule has 0 spiro atoms. The predicted molar refractivity (Wildman–Crippen MR) is 118 cm³/mol. The Morgan fingerprint density at radius 1 is 1.17 bits per heavy atom. The first-order valence-electron chi connectivity index (χ1n) is 10.4. The van der Waals surface area contributed by atoms with Crippen LogP contribution in [0.5, 0.6) is 0 Å². The Bertz CT molecular complexity index is 1150. The molecular formula is C24H27NO4S. The highest BCUT2D eigenvalue weighted by atomic mass is 32.2. The summed E-state index contributed by atoms with van der Waals surface area (Å²) in [6.45, 7) is 4.68. The lowest BCUT2D eigenvalue weighted by molar-refractivity contribution is -0.133. The van der Waals surface area contributed by atoms with Crippen LogP contribution in [-0.2, 0) is 27.6 Å². The van der Waals surface area contributed by atoms with Crippen LogP contribution in [0.1, 0.15) is 42.9 Å². The van der Waals surface area contributed by atoms with Gasteiger partial charge in [-0.05, 0) is 35.6 Å². The molecular weight excluding hydrogens is 398 g/mol. The summed E-state index contributed by atoms with van der Waals surface area (Å²) in [5.74, 6) is 0.488. The lowest BCUT2D eigenvalue weighted by Gasteiger charge is -2.28. The molecule has 1 saturated heterocycles. The van der Waals surface area contributed by atoms with E-state index in [4.69, 9.17) is 4.42 Å². The molecule has 1 fully saturated rings. The van der Waals surface area contributed by atoms with Crippen LogP contribution in [0, 0.1) is 0 Å². The van der Waals surface area contributed by atoms with Gasteiger partial charge in [-0.1, -0.05) is 50.2 Å². The number of hydrogen-bond donors (Lipinski definition) is 0. The Morgan fingerprint density at radius 2 is 1.93 bits per heavy atom. The Labute approximate surface area is 177 Å². The van der Waals surface area contributed by atoms with Crippen molar-refractivity contribution in [1.29, 1.82) is 0 Å². The summed E-state index contributed by atoms with van der Waals surface area (Å²) in [4.78, 5) is 15.1.